The Hall–Kier alpha value is -1.82. The summed E-state index contributed by atoms with van der Waals surface area (Å²) in [4.78, 5) is 31.0. The lowest BCUT2D eigenvalue weighted by Gasteiger charge is -2.35. The molecule has 7 heteroatoms. The zero-order valence-corrected chi connectivity index (χ0v) is 14.8. The Labute approximate surface area is 146 Å². The molecule has 2 bridgehead atoms. The maximum Gasteiger partial charge on any atom is 0.411 e. The number of rotatable bonds is 2. The minimum atomic E-state index is -0.589. The summed E-state index contributed by atoms with van der Waals surface area (Å²) in [5.74, 6) is 0.323. The predicted molar refractivity (Wildman–Crippen MR) is 90.9 cm³/mol. The number of ether oxygens (including phenoxy) is 1. The van der Waals surface area contributed by atoms with Gasteiger partial charge in [0.15, 0.2) is 0 Å². The molecule has 2 amide bonds. The van der Waals surface area contributed by atoms with E-state index in [9.17, 15) is 9.59 Å². The molecule has 0 spiro atoms. The highest BCUT2D eigenvalue weighted by Crippen LogP contribution is 2.43. The number of carbonyl (C=O) groups is 2. The second kappa shape index (κ2) is 6.24. The van der Waals surface area contributed by atoms with E-state index in [0.29, 0.717) is 11.0 Å². The Morgan fingerprint density at radius 3 is 2.75 bits per heavy atom. The lowest BCUT2D eigenvalue weighted by atomic mass is 9.98. The molecule has 2 aliphatic rings. The van der Waals surface area contributed by atoms with Crippen molar-refractivity contribution in [2.24, 2.45) is 5.92 Å². The van der Waals surface area contributed by atoms with Crippen LogP contribution in [0.4, 0.5) is 10.6 Å². The van der Waals surface area contributed by atoms with E-state index in [4.69, 9.17) is 16.3 Å². The van der Waals surface area contributed by atoms with Crippen molar-refractivity contribution in [1.82, 2.24) is 9.88 Å². The predicted octanol–water partition coefficient (Wildman–Crippen LogP) is 3.46. The van der Waals surface area contributed by atoms with E-state index in [1.807, 2.05) is 20.8 Å². The van der Waals surface area contributed by atoms with Gasteiger partial charge in [-0.1, -0.05) is 17.7 Å². The molecule has 24 heavy (non-hydrogen) atoms. The number of halogens is 1. The molecule has 0 aromatic carbocycles. The SMILES string of the molecule is CC(C)(C)OC(=O)N1[C@@H]2CC[C@@H](C2)[C@H]1C(=O)Nc1cccc(Cl)n1. The first-order chi connectivity index (χ1) is 11.2. The standard InChI is InChI=1S/C17H22ClN3O3/c1-17(2,3)24-16(23)21-11-8-7-10(9-11)14(21)15(22)20-13-6-4-5-12(18)19-13/h4-6,10-11,14H,7-9H2,1-3H3,(H,19,20,22)/t10-,11+,14-/m0/s1. The van der Waals surface area contributed by atoms with Gasteiger partial charge in [0.1, 0.15) is 22.6 Å². The van der Waals surface area contributed by atoms with Crippen molar-refractivity contribution in [3.8, 4) is 0 Å². The second-order valence-corrected chi connectivity index (χ2v) is 7.78. The summed E-state index contributed by atoms with van der Waals surface area (Å²) in [6.07, 6.45) is 2.29. The van der Waals surface area contributed by atoms with E-state index < -0.39 is 17.7 Å². The van der Waals surface area contributed by atoms with E-state index in [2.05, 4.69) is 10.3 Å². The van der Waals surface area contributed by atoms with Crippen LogP contribution < -0.4 is 5.32 Å². The second-order valence-electron chi connectivity index (χ2n) is 7.39. The third-order valence-corrected chi connectivity index (χ3v) is 4.63. The average Bonchev–Trinajstić information content (AvgIpc) is 3.05. The molecule has 1 saturated heterocycles. The van der Waals surface area contributed by atoms with Crippen molar-refractivity contribution >= 4 is 29.4 Å². The highest BCUT2D eigenvalue weighted by molar-refractivity contribution is 6.29. The van der Waals surface area contributed by atoms with Crippen molar-refractivity contribution in [3.05, 3.63) is 23.4 Å². The summed E-state index contributed by atoms with van der Waals surface area (Å²) in [6.45, 7) is 5.47. The summed E-state index contributed by atoms with van der Waals surface area (Å²) in [5.41, 5.74) is -0.589. The summed E-state index contributed by atoms with van der Waals surface area (Å²) < 4.78 is 5.49. The molecule has 2 heterocycles. The largest absolute Gasteiger partial charge is 0.444 e. The Balaban J connectivity index is 1.77. The number of hydrogen-bond acceptors (Lipinski definition) is 4. The van der Waals surface area contributed by atoms with Gasteiger partial charge in [0.05, 0.1) is 0 Å². The molecule has 0 radical (unpaired) electrons. The van der Waals surface area contributed by atoms with Gasteiger partial charge in [-0.3, -0.25) is 9.69 Å². The van der Waals surface area contributed by atoms with E-state index in [1.54, 1.807) is 23.1 Å². The Morgan fingerprint density at radius 1 is 1.33 bits per heavy atom. The van der Waals surface area contributed by atoms with Crippen molar-refractivity contribution in [1.29, 1.82) is 0 Å². The molecule has 1 aromatic heterocycles. The topological polar surface area (TPSA) is 71.5 Å². The molecular weight excluding hydrogens is 330 g/mol. The quantitative estimate of drug-likeness (QED) is 0.828. The first-order valence-corrected chi connectivity index (χ1v) is 8.57. The Morgan fingerprint density at radius 2 is 2.08 bits per heavy atom. The van der Waals surface area contributed by atoms with Gasteiger partial charge in [-0.05, 0) is 58.1 Å². The molecule has 130 valence electrons. The summed E-state index contributed by atoms with van der Waals surface area (Å²) >= 11 is 5.86. The fourth-order valence-corrected chi connectivity index (χ4v) is 3.74. The summed E-state index contributed by atoms with van der Waals surface area (Å²) in [7, 11) is 0. The van der Waals surface area contributed by atoms with Crippen LogP contribution in [-0.2, 0) is 9.53 Å². The van der Waals surface area contributed by atoms with Crippen LogP contribution in [0.5, 0.6) is 0 Å². The maximum atomic E-state index is 12.8. The van der Waals surface area contributed by atoms with Crippen LogP contribution in [0.1, 0.15) is 40.0 Å². The molecule has 3 atom stereocenters. The molecule has 1 saturated carbocycles. The van der Waals surface area contributed by atoms with Gasteiger partial charge in [-0.2, -0.15) is 0 Å². The first kappa shape index (κ1) is 17.0. The van der Waals surface area contributed by atoms with Gasteiger partial charge < -0.3 is 10.1 Å². The monoisotopic (exact) mass is 351 g/mol. The van der Waals surface area contributed by atoms with E-state index in [-0.39, 0.29) is 17.9 Å². The first-order valence-electron chi connectivity index (χ1n) is 8.19. The number of hydrogen-bond donors (Lipinski definition) is 1. The normalized spacial score (nSPS) is 25.7. The van der Waals surface area contributed by atoms with Crippen molar-refractivity contribution in [2.45, 2.75) is 57.7 Å². The van der Waals surface area contributed by atoms with Gasteiger partial charge in [-0.25, -0.2) is 9.78 Å². The van der Waals surface area contributed by atoms with Crippen LogP contribution in [-0.4, -0.2) is 39.6 Å². The number of piperidine rings is 1. The van der Waals surface area contributed by atoms with E-state index in [0.717, 1.165) is 19.3 Å². The summed E-state index contributed by atoms with van der Waals surface area (Å²) in [5, 5.41) is 3.08. The van der Waals surface area contributed by atoms with Gasteiger partial charge >= 0.3 is 6.09 Å². The lowest BCUT2D eigenvalue weighted by molar-refractivity contribution is -0.122. The molecule has 6 nitrogen and oxygen atoms in total. The minimum Gasteiger partial charge on any atom is -0.444 e. The van der Waals surface area contributed by atoms with Gasteiger partial charge in [0.25, 0.3) is 0 Å². The van der Waals surface area contributed by atoms with Crippen LogP contribution in [0.15, 0.2) is 18.2 Å². The molecule has 1 aliphatic heterocycles. The number of amides is 2. The number of anilines is 1. The van der Waals surface area contributed by atoms with Crippen LogP contribution in [0.2, 0.25) is 5.15 Å². The number of pyridine rings is 1. The number of nitrogens with one attached hydrogen (secondary N) is 1. The molecule has 3 rings (SSSR count). The Bertz CT molecular complexity index is 659. The number of fused-ring (bicyclic) bond motifs is 2. The smallest absolute Gasteiger partial charge is 0.411 e. The van der Waals surface area contributed by atoms with Crippen LogP contribution in [0, 0.1) is 5.92 Å². The summed E-state index contributed by atoms with van der Waals surface area (Å²) in [6, 6.07) is 4.60. The van der Waals surface area contributed by atoms with Gasteiger partial charge in [0, 0.05) is 6.04 Å². The fourth-order valence-electron chi connectivity index (χ4n) is 3.58. The maximum absolute atomic E-state index is 12.8. The molecule has 1 aliphatic carbocycles. The van der Waals surface area contributed by atoms with Gasteiger partial charge in [0.2, 0.25) is 5.91 Å². The molecule has 1 aromatic rings. The number of likely N-dealkylation sites (tertiary alicyclic amines) is 1. The lowest BCUT2D eigenvalue weighted by Crippen LogP contribution is -2.52. The van der Waals surface area contributed by atoms with Crippen molar-refractivity contribution < 1.29 is 14.3 Å². The van der Waals surface area contributed by atoms with Crippen molar-refractivity contribution in [3.63, 3.8) is 0 Å². The third kappa shape index (κ3) is 3.48. The number of nitrogens with zero attached hydrogens (tertiary/aromatic N) is 2. The van der Waals surface area contributed by atoms with E-state index in [1.165, 1.54) is 0 Å². The fraction of sp³-hybridized carbons (Fsp3) is 0.588. The minimum absolute atomic E-state index is 0.0768. The molecule has 1 N–H and O–H groups in total. The van der Waals surface area contributed by atoms with E-state index >= 15 is 0 Å². The van der Waals surface area contributed by atoms with Crippen molar-refractivity contribution in [2.75, 3.05) is 5.32 Å². The van der Waals surface area contributed by atoms with Crippen LogP contribution in [0.3, 0.4) is 0 Å². The zero-order valence-electron chi connectivity index (χ0n) is 14.1. The molecular formula is C17H22ClN3O3. The highest BCUT2D eigenvalue weighted by Gasteiger charge is 2.52. The van der Waals surface area contributed by atoms with Crippen LogP contribution in [0.25, 0.3) is 0 Å². The molecule has 2 fully saturated rings. The Kier molecular flexibility index (Phi) is 4.42. The highest BCUT2D eigenvalue weighted by atomic mass is 35.5. The third-order valence-electron chi connectivity index (χ3n) is 4.42. The number of carbonyl (C=O) groups excluding carboxylic acids is 2. The average molecular weight is 352 g/mol. The number of aromatic nitrogens is 1. The zero-order chi connectivity index (χ0) is 17.5. The van der Waals surface area contributed by atoms with Crippen LogP contribution >= 0.6 is 11.6 Å². The molecule has 0 unspecified atom stereocenters. The van der Waals surface area contributed by atoms with Gasteiger partial charge in [-0.15, -0.1) is 0 Å².